The highest BCUT2D eigenvalue weighted by atomic mass is 19.1. The van der Waals surface area contributed by atoms with Gasteiger partial charge in [-0.15, -0.1) is 0 Å². The van der Waals surface area contributed by atoms with Crippen LogP contribution in [-0.2, 0) is 22.4 Å². The van der Waals surface area contributed by atoms with Crippen molar-refractivity contribution in [3.63, 3.8) is 0 Å². The van der Waals surface area contributed by atoms with E-state index in [1.165, 1.54) is 0 Å². The van der Waals surface area contributed by atoms with Gasteiger partial charge in [0.2, 0.25) is 5.91 Å². The standard InChI is InChI=1S/C26H19F3N2O4/c27-12-7-19(28)16(20(29)8-12)9-13(32)10-18-24-17-11-14(1-3-21(17)35-25(18)24)34-22-5-6-30-26-15(22)2-4-23(33)31-26/h1,3,5-8,11,18,24-25H,2,4,9-10H2,(H,30,31,33)/t18-,24-,25+/m0/s1. The number of hydrogen-bond donors (Lipinski definition) is 1. The Morgan fingerprint density at radius 2 is 1.91 bits per heavy atom. The van der Waals surface area contributed by atoms with Gasteiger partial charge < -0.3 is 14.8 Å². The molecule has 1 aliphatic carbocycles. The molecule has 0 radical (unpaired) electrons. The molecule has 2 aliphatic heterocycles. The van der Waals surface area contributed by atoms with Gasteiger partial charge in [-0.25, -0.2) is 18.2 Å². The van der Waals surface area contributed by atoms with Crippen LogP contribution in [0.4, 0.5) is 19.0 Å². The summed E-state index contributed by atoms with van der Waals surface area (Å²) in [6.07, 6.45) is 1.96. The van der Waals surface area contributed by atoms with Gasteiger partial charge in [0.1, 0.15) is 52.4 Å². The molecule has 3 aliphatic rings. The van der Waals surface area contributed by atoms with Gasteiger partial charge in [-0.3, -0.25) is 9.59 Å². The molecule has 2 aromatic carbocycles. The summed E-state index contributed by atoms with van der Waals surface area (Å²) in [5.74, 6) is -1.25. The van der Waals surface area contributed by atoms with Crippen LogP contribution in [0.2, 0.25) is 0 Å². The Morgan fingerprint density at radius 1 is 1.11 bits per heavy atom. The highest BCUT2D eigenvalue weighted by Gasteiger charge is 2.59. The highest BCUT2D eigenvalue weighted by molar-refractivity contribution is 5.93. The summed E-state index contributed by atoms with van der Waals surface area (Å²) in [7, 11) is 0. The van der Waals surface area contributed by atoms with Gasteiger partial charge in [0.05, 0.1) is 0 Å². The second-order valence-corrected chi connectivity index (χ2v) is 9.03. The van der Waals surface area contributed by atoms with Crippen LogP contribution in [0.25, 0.3) is 0 Å². The molecule has 0 spiro atoms. The van der Waals surface area contributed by atoms with Gasteiger partial charge in [-0.05, 0) is 30.7 Å². The van der Waals surface area contributed by atoms with Crippen LogP contribution in [0.15, 0.2) is 42.6 Å². The van der Waals surface area contributed by atoms with E-state index in [-0.39, 0.29) is 36.1 Å². The van der Waals surface area contributed by atoms with Gasteiger partial charge in [0, 0.05) is 66.1 Å². The summed E-state index contributed by atoms with van der Waals surface area (Å²) in [4.78, 5) is 28.4. The number of halogens is 3. The third kappa shape index (κ3) is 3.90. The van der Waals surface area contributed by atoms with Crippen LogP contribution in [-0.4, -0.2) is 22.8 Å². The maximum atomic E-state index is 13.9. The smallest absolute Gasteiger partial charge is 0.225 e. The lowest BCUT2D eigenvalue weighted by Crippen LogP contribution is -2.20. The molecule has 0 saturated heterocycles. The molecule has 0 unspecified atom stereocenters. The molecule has 9 heteroatoms. The third-order valence-electron chi connectivity index (χ3n) is 6.74. The molecular weight excluding hydrogens is 461 g/mol. The van der Waals surface area contributed by atoms with Gasteiger partial charge >= 0.3 is 0 Å². The largest absolute Gasteiger partial charge is 0.489 e. The normalized spacial score (nSPS) is 21.3. The Bertz CT molecular complexity index is 1370. The first kappa shape index (κ1) is 21.6. The molecule has 1 amide bonds. The van der Waals surface area contributed by atoms with Crippen molar-refractivity contribution in [3.8, 4) is 17.2 Å². The fourth-order valence-corrected chi connectivity index (χ4v) is 5.01. The first-order valence-electron chi connectivity index (χ1n) is 11.3. The third-order valence-corrected chi connectivity index (χ3v) is 6.74. The maximum Gasteiger partial charge on any atom is 0.225 e. The van der Waals surface area contributed by atoms with Crippen molar-refractivity contribution in [2.24, 2.45) is 5.92 Å². The topological polar surface area (TPSA) is 77.5 Å². The summed E-state index contributed by atoms with van der Waals surface area (Å²) < 4.78 is 53.0. The van der Waals surface area contributed by atoms with Crippen molar-refractivity contribution in [1.82, 2.24) is 4.98 Å². The minimum atomic E-state index is -1.06. The van der Waals surface area contributed by atoms with E-state index in [9.17, 15) is 22.8 Å². The lowest BCUT2D eigenvalue weighted by Gasteiger charge is -2.19. The van der Waals surface area contributed by atoms with E-state index in [0.29, 0.717) is 42.3 Å². The molecule has 6 rings (SSSR count). The molecule has 35 heavy (non-hydrogen) atoms. The number of nitrogens with one attached hydrogen (secondary N) is 1. The number of fused-ring (bicyclic) bond motifs is 4. The highest BCUT2D eigenvalue weighted by Crippen LogP contribution is 2.60. The summed E-state index contributed by atoms with van der Waals surface area (Å²) >= 11 is 0. The Morgan fingerprint density at radius 3 is 2.71 bits per heavy atom. The van der Waals surface area contributed by atoms with Gasteiger partial charge in [0.25, 0.3) is 0 Å². The Balaban J connectivity index is 1.15. The van der Waals surface area contributed by atoms with Crippen molar-refractivity contribution in [1.29, 1.82) is 0 Å². The number of anilines is 1. The first-order chi connectivity index (χ1) is 16.9. The summed E-state index contributed by atoms with van der Waals surface area (Å²) in [5.41, 5.74) is 1.33. The van der Waals surface area contributed by atoms with E-state index in [2.05, 4.69) is 10.3 Å². The van der Waals surface area contributed by atoms with Crippen molar-refractivity contribution in [3.05, 3.63) is 76.7 Å². The minimum Gasteiger partial charge on any atom is -0.489 e. The van der Waals surface area contributed by atoms with Crippen molar-refractivity contribution in [2.45, 2.75) is 37.7 Å². The number of pyridine rings is 1. The van der Waals surface area contributed by atoms with Gasteiger partial charge in [-0.1, -0.05) is 0 Å². The molecule has 1 N–H and O–H groups in total. The summed E-state index contributed by atoms with van der Waals surface area (Å²) in [6, 6.07) is 8.37. The number of aromatic nitrogens is 1. The number of carbonyl (C=O) groups excluding carboxylic acids is 2. The molecule has 3 atom stereocenters. The summed E-state index contributed by atoms with van der Waals surface area (Å²) in [6.45, 7) is 0. The van der Waals surface area contributed by atoms with E-state index in [1.807, 2.05) is 12.1 Å². The van der Waals surface area contributed by atoms with E-state index in [4.69, 9.17) is 9.47 Å². The second kappa shape index (κ2) is 8.11. The molecule has 1 saturated carbocycles. The molecule has 1 fully saturated rings. The molecule has 3 aromatic rings. The van der Waals surface area contributed by atoms with Crippen LogP contribution in [0.3, 0.4) is 0 Å². The number of rotatable bonds is 6. The number of carbonyl (C=O) groups is 2. The monoisotopic (exact) mass is 480 g/mol. The van der Waals surface area contributed by atoms with E-state index in [1.54, 1.807) is 18.3 Å². The second-order valence-electron chi connectivity index (χ2n) is 9.03. The minimum absolute atomic E-state index is 0.00828. The lowest BCUT2D eigenvalue weighted by atomic mass is 10.0. The lowest BCUT2D eigenvalue weighted by molar-refractivity contribution is -0.119. The van der Waals surface area contributed by atoms with Crippen molar-refractivity contribution >= 4 is 17.5 Å². The average Bonchev–Trinajstić information content (AvgIpc) is 3.32. The van der Waals surface area contributed by atoms with Crippen molar-refractivity contribution in [2.75, 3.05) is 5.32 Å². The number of nitrogens with zero attached hydrogens (tertiary/aromatic N) is 1. The predicted molar refractivity (Wildman–Crippen MR) is 118 cm³/mol. The Hall–Kier alpha value is -3.88. The number of benzene rings is 2. The van der Waals surface area contributed by atoms with Gasteiger partial charge in [0.15, 0.2) is 0 Å². The fraction of sp³-hybridized carbons (Fsp3) is 0.269. The fourth-order valence-electron chi connectivity index (χ4n) is 5.01. The number of hydrogen-bond acceptors (Lipinski definition) is 5. The zero-order valence-electron chi connectivity index (χ0n) is 18.3. The van der Waals surface area contributed by atoms with Gasteiger partial charge in [-0.2, -0.15) is 0 Å². The SMILES string of the molecule is O=C(Cc1c(F)cc(F)cc1F)C[C@@H]1[C@H]2Oc3ccc(Oc4ccnc5c4CCC(=O)N5)cc3[C@@H]12. The average molecular weight is 480 g/mol. The molecule has 178 valence electrons. The molecule has 1 aromatic heterocycles. The number of Topliss-reactive ketones (excluding diaryl/α,β-unsaturated/α-hetero) is 1. The molecule has 6 nitrogen and oxygen atoms in total. The zero-order valence-corrected chi connectivity index (χ0v) is 18.3. The quantitative estimate of drug-likeness (QED) is 0.546. The van der Waals surface area contributed by atoms with Crippen LogP contribution in [0.1, 0.15) is 35.4 Å². The van der Waals surface area contributed by atoms with Crippen molar-refractivity contribution < 1.29 is 32.2 Å². The van der Waals surface area contributed by atoms with E-state index < -0.39 is 29.4 Å². The summed E-state index contributed by atoms with van der Waals surface area (Å²) in [5, 5.41) is 2.74. The van der Waals surface area contributed by atoms with Crippen LogP contribution < -0.4 is 14.8 Å². The number of amides is 1. The first-order valence-corrected chi connectivity index (χ1v) is 11.3. The Labute approximate surface area is 198 Å². The molecule has 3 heterocycles. The van der Waals surface area contributed by atoms with E-state index >= 15 is 0 Å². The molecular formula is C26H19F3N2O4. The number of ether oxygens (including phenoxy) is 2. The zero-order chi connectivity index (χ0) is 24.3. The van der Waals surface area contributed by atoms with Crippen LogP contribution in [0.5, 0.6) is 17.2 Å². The molecule has 0 bridgehead atoms. The van der Waals surface area contributed by atoms with Crippen LogP contribution >= 0.6 is 0 Å². The Kier molecular flexibility index (Phi) is 5.01. The number of ketones is 1. The van der Waals surface area contributed by atoms with Crippen LogP contribution in [0, 0.1) is 23.4 Å². The maximum absolute atomic E-state index is 13.9. The van der Waals surface area contributed by atoms with E-state index in [0.717, 1.165) is 16.9 Å². The predicted octanol–water partition coefficient (Wildman–Crippen LogP) is 4.85.